The van der Waals surface area contributed by atoms with Crippen LogP contribution in [0, 0.1) is 0 Å². The predicted octanol–water partition coefficient (Wildman–Crippen LogP) is 1.00. The lowest BCUT2D eigenvalue weighted by atomic mass is 10.3. The number of para-hydroxylation sites is 1. The fourth-order valence-electron chi connectivity index (χ4n) is 2.01. The van der Waals surface area contributed by atoms with Crippen molar-refractivity contribution in [2.24, 2.45) is 0 Å². The normalized spacial score (nSPS) is 12.0. The maximum absolute atomic E-state index is 12.2. The Balaban J connectivity index is 1.94. The third-order valence-electron chi connectivity index (χ3n) is 3.85. The van der Waals surface area contributed by atoms with Crippen LogP contribution in [-0.2, 0) is 6.54 Å². The van der Waals surface area contributed by atoms with Gasteiger partial charge in [0.25, 0.3) is 11.5 Å². The molecule has 0 aliphatic carbocycles. The summed E-state index contributed by atoms with van der Waals surface area (Å²) < 4.78 is 6.81. The van der Waals surface area contributed by atoms with E-state index in [0.29, 0.717) is 13.2 Å². The van der Waals surface area contributed by atoms with E-state index in [1.54, 1.807) is 0 Å². The standard InChI is InChI=1S/C18H24N4O3/c1-14(21(2)3)13-19-18(24)16-9-10-17(23)22(20-16)11-12-25-15-7-5-4-6-8-15/h4-10,14H,11-13H2,1-3H3,(H,19,24). The number of aromatic nitrogens is 2. The van der Waals surface area contributed by atoms with Crippen molar-refractivity contribution in [1.82, 2.24) is 20.0 Å². The number of hydrogen-bond donors (Lipinski definition) is 1. The average molecular weight is 344 g/mol. The van der Waals surface area contributed by atoms with Crippen LogP contribution in [0.3, 0.4) is 0 Å². The summed E-state index contributed by atoms with van der Waals surface area (Å²) in [5, 5.41) is 6.94. The highest BCUT2D eigenvalue weighted by Crippen LogP contribution is 2.07. The number of nitrogens with zero attached hydrogens (tertiary/aromatic N) is 3. The first kappa shape index (κ1) is 18.7. The zero-order valence-corrected chi connectivity index (χ0v) is 14.8. The van der Waals surface area contributed by atoms with E-state index in [4.69, 9.17) is 4.74 Å². The topological polar surface area (TPSA) is 76.5 Å². The first-order valence-electron chi connectivity index (χ1n) is 8.18. The van der Waals surface area contributed by atoms with Gasteiger partial charge in [-0.15, -0.1) is 0 Å². The number of benzene rings is 1. The van der Waals surface area contributed by atoms with Gasteiger partial charge in [0, 0.05) is 18.7 Å². The van der Waals surface area contributed by atoms with Gasteiger partial charge in [0.1, 0.15) is 18.1 Å². The van der Waals surface area contributed by atoms with Crippen molar-refractivity contribution in [2.75, 3.05) is 27.2 Å². The number of hydrogen-bond acceptors (Lipinski definition) is 5. The molecule has 0 fully saturated rings. The molecule has 1 unspecified atom stereocenters. The summed E-state index contributed by atoms with van der Waals surface area (Å²) in [5.74, 6) is 0.425. The van der Waals surface area contributed by atoms with Gasteiger partial charge in [0.15, 0.2) is 0 Å². The lowest BCUT2D eigenvalue weighted by Crippen LogP contribution is -2.39. The van der Waals surface area contributed by atoms with E-state index in [1.165, 1.54) is 16.8 Å². The van der Waals surface area contributed by atoms with E-state index in [2.05, 4.69) is 10.4 Å². The Hall–Kier alpha value is -2.67. The molecule has 7 nitrogen and oxygen atoms in total. The van der Waals surface area contributed by atoms with Gasteiger partial charge in [-0.25, -0.2) is 4.68 Å². The molecule has 7 heteroatoms. The predicted molar refractivity (Wildman–Crippen MR) is 95.9 cm³/mol. The van der Waals surface area contributed by atoms with Crippen molar-refractivity contribution in [1.29, 1.82) is 0 Å². The highest BCUT2D eigenvalue weighted by Gasteiger charge is 2.12. The number of rotatable bonds is 8. The Kier molecular flexibility index (Phi) is 6.71. The minimum absolute atomic E-state index is 0.203. The Bertz CT molecular complexity index is 743. The number of carbonyl (C=O) groups excluding carboxylic acids is 1. The maximum Gasteiger partial charge on any atom is 0.271 e. The van der Waals surface area contributed by atoms with Gasteiger partial charge in [-0.2, -0.15) is 5.10 Å². The lowest BCUT2D eigenvalue weighted by molar-refractivity contribution is 0.0935. The second-order valence-electron chi connectivity index (χ2n) is 5.96. The van der Waals surface area contributed by atoms with E-state index >= 15 is 0 Å². The van der Waals surface area contributed by atoms with Crippen LogP contribution in [0.1, 0.15) is 17.4 Å². The fourth-order valence-corrected chi connectivity index (χ4v) is 2.01. The van der Waals surface area contributed by atoms with Crippen LogP contribution in [0.25, 0.3) is 0 Å². The first-order chi connectivity index (χ1) is 12.0. The third kappa shape index (κ3) is 5.72. The zero-order chi connectivity index (χ0) is 18.2. The van der Waals surface area contributed by atoms with Crippen molar-refractivity contribution in [3.63, 3.8) is 0 Å². The number of amides is 1. The van der Waals surface area contributed by atoms with Crippen molar-refractivity contribution in [3.8, 4) is 5.75 Å². The summed E-state index contributed by atoms with van der Waals surface area (Å²) in [7, 11) is 3.89. The van der Waals surface area contributed by atoms with Gasteiger partial charge in [-0.1, -0.05) is 18.2 Å². The molecule has 0 saturated carbocycles. The summed E-state index contributed by atoms with van der Waals surface area (Å²) in [6.07, 6.45) is 0. The molecule has 1 heterocycles. The van der Waals surface area contributed by atoms with Crippen LogP contribution in [0.2, 0.25) is 0 Å². The Morgan fingerprint density at radius 1 is 1.24 bits per heavy atom. The average Bonchev–Trinajstić information content (AvgIpc) is 2.61. The second kappa shape index (κ2) is 8.98. The first-order valence-corrected chi connectivity index (χ1v) is 8.18. The zero-order valence-electron chi connectivity index (χ0n) is 14.8. The lowest BCUT2D eigenvalue weighted by Gasteiger charge is -2.19. The second-order valence-corrected chi connectivity index (χ2v) is 5.96. The molecule has 0 radical (unpaired) electrons. The van der Waals surface area contributed by atoms with Crippen LogP contribution in [0.15, 0.2) is 47.3 Å². The van der Waals surface area contributed by atoms with Crippen LogP contribution < -0.4 is 15.6 Å². The number of likely N-dealkylation sites (N-methyl/N-ethyl adjacent to an activating group) is 1. The molecule has 0 saturated heterocycles. The largest absolute Gasteiger partial charge is 0.492 e. The summed E-state index contributed by atoms with van der Waals surface area (Å²) in [6.45, 7) is 3.07. The number of carbonyl (C=O) groups is 1. The van der Waals surface area contributed by atoms with Crippen LogP contribution in [-0.4, -0.2) is 53.9 Å². The SMILES string of the molecule is CC(CNC(=O)c1ccc(=O)n(CCOc2ccccc2)n1)N(C)C. The summed E-state index contributed by atoms with van der Waals surface area (Å²) in [6, 6.07) is 12.3. The van der Waals surface area contributed by atoms with E-state index in [-0.39, 0.29) is 29.7 Å². The monoisotopic (exact) mass is 344 g/mol. The molecule has 1 aromatic carbocycles. The molecule has 134 valence electrons. The molecule has 2 aromatic rings. The molecule has 1 N–H and O–H groups in total. The smallest absolute Gasteiger partial charge is 0.271 e. The molecule has 1 atom stereocenters. The molecule has 0 aliphatic heterocycles. The molecular formula is C18H24N4O3. The summed E-state index contributed by atoms with van der Waals surface area (Å²) in [4.78, 5) is 26.1. The highest BCUT2D eigenvalue weighted by molar-refractivity contribution is 5.91. The molecule has 25 heavy (non-hydrogen) atoms. The van der Waals surface area contributed by atoms with E-state index in [9.17, 15) is 9.59 Å². The van der Waals surface area contributed by atoms with E-state index < -0.39 is 0 Å². The fraction of sp³-hybridized carbons (Fsp3) is 0.389. The Morgan fingerprint density at radius 3 is 2.64 bits per heavy atom. The van der Waals surface area contributed by atoms with Crippen molar-refractivity contribution < 1.29 is 9.53 Å². The summed E-state index contributed by atoms with van der Waals surface area (Å²) >= 11 is 0. The molecule has 1 aromatic heterocycles. The molecule has 2 rings (SSSR count). The van der Waals surface area contributed by atoms with Crippen LogP contribution in [0.4, 0.5) is 0 Å². The minimum Gasteiger partial charge on any atom is -0.492 e. The van der Waals surface area contributed by atoms with Crippen molar-refractivity contribution in [3.05, 3.63) is 58.5 Å². The van der Waals surface area contributed by atoms with Gasteiger partial charge in [0.2, 0.25) is 0 Å². The van der Waals surface area contributed by atoms with Gasteiger partial charge in [-0.05, 0) is 39.2 Å². The molecule has 0 bridgehead atoms. The third-order valence-corrected chi connectivity index (χ3v) is 3.85. The Morgan fingerprint density at radius 2 is 1.96 bits per heavy atom. The maximum atomic E-state index is 12.2. The van der Waals surface area contributed by atoms with Crippen LogP contribution in [0.5, 0.6) is 5.75 Å². The van der Waals surface area contributed by atoms with Crippen LogP contribution >= 0.6 is 0 Å². The van der Waals surface area contributed by atoms with Crippen molar-refractivity contribution in [2.45, 2.75) is 19.5 Å². The van der Waals surface area contributed by atoms with E-state index in [1.807, 2.05) is 56.3 Å². The molecule has 0 aliphatic rings. The van der Waals surface area contributed by atoms with Gasteiger partial charge >= 0.3 is 0 Å². The highest BCUT2D eigenvalue weighted by atomic mass is 16.5. The van der Waals surface area contributed by atoms with Gasteiger partial charge in [-0.3, -0.25) is 9.59 Å². The van der Waals surface area contributed by atoms with Crippen molar-refractivity contribution >= 4 is 5.91 Å². The number of nitrogens with one attached hydrogen (secondary N) is 1. The number of ether oxygens (including phenoxy) is 1. The summed E-state index contributed by atoms with van der Waals surface area (Å²) in [5.41, 5.74) is -0.0554. The quantitative estimate of drug-likeness (QED) is 0.773. The van der Waals surface area contributed by atoms with E-state index in [0.717, 1.165) is 5.75 Å². The minimum atomic E-state index is -0.300. The Labute approximate surface area is 147 Å². The molecule has 1 amide bonds. The van der Waals surface area contributed by atoms with Gasteiger partial charge < -0.3 is 15.0 Å². The molecular weight excluding hydrogens is 320 g/mol. The molecule has 0 spiro atoms. The van der Waals surface area contributed by atoms with Gasteiger partial charge in [0.05, 0.1) is 6.54 Å².